The van der Waals surface area contributed by atoms with Gasteiger partial charge in [-0.25, -0.2) is 4.79 Å². The molecule has 0 radical (unpaired) electrons. The molecule has 1 aromatic heterocycles. The zero-order valence-corrected chi connectivity index (χ0v) is 22.5. The number of aryl methyl sites for hydroxylation is 1. The fourth-order valence-corrected chi connectivity index (χ4v) is 5.21. The molecular weight excluding hydrogens is 508 g/mol. The molecule has 0 atom stereocenters. The molecule has 1 heterocycles. The Morgan fingerprint density at radius 3 is 2.02 bits per heavy atom. The Kier molecular flexibility index (Phi) is 6.92. The molecule has 5 heteroatoms. The molecular formula is C36H28N2O3. The van der Waals surface area contributed by atoms with E-state index in [1.54, 1.807) is 6.07 Å². The molecule has 200 valence electrons. The molecule has 5 aromatic carbocycles. The summed E-state index contributed by atoms with van der Waals surface area (Å²) in [5, 5.41) is 14.6. The van der Waals surface area contributed by atoms with Gasteiger partial charge < -0.3 is 15.0 Å². The highest BCUT2D eigenvalue weighted by molar-refractivity contribution is 6.09. The van der Waals surface area contributed by atoms with E-state index in [0.29, 0.717) is 17.7 Å². The molecule has 41 heavy (non-hydrogen) atoms. The van der Waals surface area contributed by atoms with E-state index in [1.165, 1.54) is 16.8 Å². The summed E-state index contributed by atoms with van der Waals surface area (Å²) in [6.07, 6.45) is 2.59. The van der Waals surface area contributed by atoms with Gasteiger partial charge in [-0.05, 0) is 77.7 Å². The fraction of sp³-hybridized carbons (Fsp3) is 0.0556. The van der Waals surface area contributed by atoms with Crippen LogP contribution in [0.25, 0.3) is 44.7 Å². The van der Waals surface area contributed by atoms with Crippen molar-refractivity contribution in [1.29, 1.82) is 0 Å². The van der Waals surface area contributed by atoms with Gasteiger partial charge in [0.2, 0.25) is 0 Å². The average Bonchev–Trinajstić information content (AvgIpc) is 3.34. The normalized spacial score (nSPS) is 11.3. The van der Waals surface area contributed by atoms with Crippen LogP contribution in [0.2, 0.25) is 0 Å². The second-order valence-corrected chi connectivity index (χ2v) is 10.1. The van der Waals surface area contributed by atoms with Gasteiger partial charge in [0, 0.05) is 34.6 Å². The molecule has 1 amide bonds. The van der Waals surface area contributed by atoms with Gasteiger partial charge in [0.1, 0.15) is 0 Å². The standard InChI is InChI=1S/C36H28N2O3/c1-24-10-12-25(13-11-24)23-37-36(41)29-21-26(14-19-35(39)40)20-28(22-29)27-15-17-30(18-16-27)38-33-8-4-2-6-31(33)32-7-3-5-9-34(32)38/h2-22H,23H2,1H3,(H,37,41)(H,39,40)/b19-14+. The van der Waals surface area contributed by atoms with Crippen molar-refractivity contribution in [2.75, 3.05) is 0 Å². The summed E-state index contributed by atoms with van der Waals surface area (Å²) in [6.45, 7) is 2.42. The Balaban J connectivity index is 1.35. The van der Waals surface area contributed by atoms with Crippen molar-refractivity contribution in [2.24, 2.45) is 0 Å². The second kappa shape index (κ2) is 11.0. The number of amides is 1. The van der Waals surface area contributed by atoms with Crippen LogP contribution >= 0.6 is 0 Å². The lowest BCUT2D eigenvalue weighted by Gasteiger charge is -2.12. The monoisotopic (exact) mass is 536 g/mol. The highest BCUT2D eigenvalue weighted by Crippen LogP contribution is 2.33. The number of carboxylic acids is 1. The van der Waals surface area contributed by atoms with Gasteiger partial charge in [0.15, 0.2) is 0 Å². The maximum atomic E-state index is 13.2. The van der Waals surface area contributed by atoms with Crippen molar-refractivity contribution in [3.63, 3.8) is 0 Å². The topological polar surface area (TPSA) is 71.3 Å². The summed E-state index contributed by atoms with van der Waals surface area (Å²) in [5.74, 6) is -1.27. The Hall–Kier alpha value is -5.42. The first-order valence-electron chi connectivity index (χ1n) is 13.4. The zero-order chi connectivity index (χ0) is 28.3. The first kappa shape index (κ1) is 25.8. The number of fused-ring (bicyclic) bond motifs is 3. The van der Waals surface area contributed by atoms with Crippen LogP contribution in [0.1, 0.15) is 27.0 Å². The van der Waals surface area contributed by atoms with E-state index >= 15 is 0 Å². The van der Waals surface area contributed by atoms with Crippen LogP contribution in [-0.4, -0.2) is 21.6 Å². The van der Waals surface area contributed by atoms with E-state index in [2.05, 4.69) is 58.4 Å². The fourth-order valence-electron chi connectivity index (χ4n) is 5.21. The Bertz CT molecular complexity index is 1880. The highest BCUT2D eigenvalue weighted by atomic mass is 16.4. The molecule has 0 bridgehead atoms. The molecule has 5 nitrogen and oxygen atoms in total. The van der Waals surface area contributed by atoms with E-state index in [4.69, 9.17) is 0 Å². The smallest absolute Gasteiger partial charge is 0.328 e. The molecule has 0 spiro atoms. The molecule has 0 aliphatic heterocycles. The van der Waals surface area contributed by atoms with Crippen LogP contribution in [-0.2, 0) is 11.3 Å². The lowest BCUT2D eigenvalue weighted by Crippen LogP contribution is -2.22. The number of para-hydroxylation sites is 2. The quantitative estimate of drug-likeness (QED) is 0.205. The summed E-state index contributed by atoms with van der Waals surface area (Å²) in [7, 11) is 0. The van der Waals surface area contributed by atoms with Gasteiger partial charge >= 0.3 is 5.97 Å². The summed E-state index contributed by atoms with van der Waals surface area (Å²) in [4.78, 5) is 24.4. The summed E-state index contributed by atoms with van der Waals surface area (Å²) >= 11 is 0. The third-order valence-corrected chi connectivity index (χ3v) is 7.25. The van der Waals surface area contributed by atoms with Crippen LogP contribution in [0.4, 0.5) is 0 Å². The van der Waals surface area contributed by atoms with E-state index in [1.807, 2.05) is 67.6 Å². The third kappa shape index (κ3) is 5.38. The minimum Gasteiger partial charge on any atom is -0.478 e. The molecule has 0 aliphatic rings. The van der Waals surface area contributed by atoms with Crippen molar-refractivity contribution < 1.29 is 14.7 Å². The number of carbonyl (C=O) groups is 2. The van der Waals surface area contributed by atoms with Crippen molar-refractivity contribution >= 4 is 39.8 Å². The van der Waals surface area contributed by atoms with E-state index in [0.717, 1.165) is 45.1 Å². The molecule has 0 fully saturated rings. The van der Waals surface area contributed by atoms with Crippen LogP contribution in [0, 0.1) is 6.92 Å². The largest absolute Gasteiger partial charge is 0.478 e. The Labute approximate surface area is 238 Å². The zero-order valence-electron chi connectivity index (χ0n) is 22.5. The number of rotatable bonds is 7. The Morgan fingerprint density at radius 2 is 1.39 bits per heavy atom. The number of nitrogens with one attached hydrogen (secondary N) is 1. The number of aromatic nitrogens is 1. The second-order valence-electron chi connectivity index (χ2n) is 10.1. The van der Waals surface area contributed by atoms with Gasteiger partial charge in [-0.1, -0.05) is 78.4 Å². The number of carboxylic acid groups (broad SMARTS) is 1. The first-order valence-corrected chi connectivity index (χ1v) is 13.4. The summed E-state index contributed by atoms with van der Waals surface area (Å²) in [5.41, 5.74) is 8.31. The van der Waals surface area contributed by atoms with Crippen molar-refractivity contribution in [3.05, 3.63) is 144 Å². The first-order chi connectivity index (χ1) is 20.0. The molecule has 6 rings (SSSR count). The van der Waals surface area contributed by atoms with E-state index in [9.17, 15) is 14.7 Å². The van der Waals surface area contributed by atoms with Gasteiger partial charge in [0.25, 0.3) is 5.91 Å². The predicted octanol–water partition coefficient (Wildman–Crippen LogP) is 7.79. The van der Waals surface area contributed by atoms with Crippen LogP contribution in [0.3, 0.4) is 0 Å². The van der Waals surface area contributed by atoms with Crippen molar-refractivity contribution in [1.82, 2.24) is 9.88 Å². The molecule has 2 N–H and O–H groups in total. The number of carbonyl (C=O) groups excluding carboxylic acids is 1. The van der Waals surface area contributed by atoms with Crippen molar-refractivity contribution in [3.8, 4) is 16.8 Å². The minimum absolute atomic E-state index is 0.223. The Morgan fingerprint density at radius 1 is 0.756 bits per heavy atom. The average molecular weight is 537 g/mol. The third-order valence-electron chi connectivity index (χ3n) is 7.25. The number of hydrogen-bond acceptors (Lipinski definition) is 2. The summed E-state index contributed by atoms with van der Waals surface area (Å²) < 4.78 is 2.25. The van der Waals surface area contributed by atoms with Gasteiger partial charge in [0.05, 0.1) is 11.0 Å². The molecule has 0 unspecified atom stereocenters. The maximum Gasteiger partial charge on any atom is 0.328 e. The SMILES string of the molecule is Cc1ccc(CNC(=O)c2cc(/C=C/C(=O)O)cc(-c3ccc(-n4c5ccccc5c5ccccc54)cc3)c2)cc1. The molecule has 0 saturated heterocycles. The van der Waals surface area contributed by atoms with Crippen LogP contribution in [0.5, 0.6) is 0 Å². The number of aliphatic carboxylic acids is 1. The number of benzene rings is 5. The predicted molar refractivity (Wildman–Crippen MR) is 165 cm³/mol. The van der Waals surface area contributed by atoms with Crippen LogP contribution < -0.4 is 5.32 Å². The van der Waals surface area contributed by atoms with Gasteiger partial charge in [-0.15, -0.1) is 0 Å². The summed E-state index contributed by atoms with van der Waals surface area (Å²) in [6, 6.07) is 38.4. The van der Waals surface area contributed by atoms with Crippen molar-refractivity contribution in [2.45, 2.75) is 13.5 Å². The number of nitrogens with zero attached hydrogens (tertiary/aromatic N) is 1. The molecule has 0 saturated carbocycles. The van der Waals surface area contributed by atoms with E-state index < -0.39 is 5.97 Å². The van der Waals surface area contributed by atoms with Gasteiger partial charge in [-0.3, -0.25) is 4.79 Å². The number of hydrogen-bond donors (Lipinski definition) is 2. The maximum absolute atomic E-state index is 13.2. The minimum atomic E-state index is -1.05. The van der Waals surface area contributed by atoms with Gasteiger partial charge in [-0.2, -0.15) is 0 Å². The molecule has 6 aromatic rings. The lowest BCUT2D eigenvalue weighted by atomic mass is 9.98. The lowest BCUT2D eigenvalue weighted by molar-refractivity contribution is -0.131. The highest BCUT2D eigenvalue weighted by Gasteiger charge is 2.13. The van der Waals surface area contributed by atoms with E-state index in [-0.39, 0.29) is 5.91 Å². The van der Waals surface area contributed by atoms with Crippen LogP contribution in [0.15, 0.2) is 121 Å². The molecule has 0 aliphatic carbocycles.